The van der Waals surface area contributed by atoms with E-state index in [0.29, 0.717) is 12.2 Å². The third-order valence-electron chi connectivity index (χ3n) is 3.88. The summed E-state index contributed by atoms with van der Waals surface area (Å²) < 4.78 is 43.8. The summed E-state index contributed by atoms with van der Waals surface area (Å²) >= 11 is 0. The second kappa shape index (κ2) is 6.70. The van der Waals surface area contributed by atoms with E-state index in [1.54, 1.807) is 12.1 Å². The second-order valence-electron chi connectivity index (χ2n) is 5.42. The van der Waals surface area contributed by atoms with E-state index < -0.39 is 10.0 Å². The summed E-state index contributed by atoms with van der Waals surface area (Å²) in [6.45, 7) is 0.178. The highest BCUT2D eigenvalue weighted by atomic mass is 32.2. The Kier molecular flexibility index (Phi) is 4.64. The molecule has 0 aliphatic carbocycles. The number of hydrogen-bond acceptors (Lipinski definition) is 5. The van der Waals surface area contributed by atoms with E-state index in [9.17, 15) is 8.42 Å². The SMILES string of the molecule is COc1ccc(OC)c(S(=O)(=O)NC[C@@H]2Cc3ccccc3O2)c1. The zero-order valence-corrected chi connectivity index (χ0v) is 14.3. The van der Waals surface area contributed by atoms with Crippen LogP contribution in [0, 0.1) is 0 Å². The van der Waals surface area contributed by atoms with Gasteiger partial charge in [-0.15, -0.1) is 0 Å². The molecule has 1 N–H and O–H groups in total. The summed E-state index contributed by atoms with van der Waals surface area (Å²) in [6, 6.07) is 12.3. The van der Waals surface area contributed by atoms with Gasteiger partial charge in [0.05, 0.1) is 14.2 Å². The maximum absolute atomic E-state index is 12.6. The van der Waals surface area contributed by atoms with Gasteiger partial charge in [-0.1, -0.05) is 18.2 Å². The molecule has 0 radical (unpaired) electrons. The number of hydrogen-bond donors (Lipinski definition) is 1. The molecule has 0 bridgehead atoms. The van der Waals surface area contributed by atoms with Crippen LogP contribution in [0.4, 0.5) is 0 Å². The molecule has 0 spiro atoms. The molecule has 128 valence electrons. The van der Waals surface area contributed by atoms with Crippen molar-refractivity contribution in [3.63, 3.8) is 0 Å². The molecule has 1 aliphatic heterocycles. The molecule has 0 fully saturated rings. The molecule has 0 saturated heterocycles. The van der Waals surface area contributed by atoms with Crippen molar-refractivity contribution in [2.24, 2.45) is 0 Å². The minimum Gasteiger partial charge on any atom is -0.497 e. The predicted octanol–water partition coefficient (Wildman–Crippen LogP) is 1.99. The first-order chi connectivity index (χ1) is 11.5. The Hall–Kier alpha value is -2.25. The fraction of sp³-hybridized carbons (Fsp3) is 0.294. The molecule has 3 rings (SSSR count). The summed E-state index contributed by atoms with van der Waals surface area (Å²) in [4.78, 5) is 0.0415. The van der Waals surface area contributed by atoms with Crippen LogP contribution in [0.25, 0.3) is 0 Å². The molecular formula is C17H19NO5S. The van der Waals surface area contributed by atoms with E-state index >= 15 is 0 Å². The van der Waals surface area contributed by atoms with Gasteiger partial charge < -0.3 is 14.2 Å². The molecule has 0 saturated carbocycles. The Morgan fingerprint density at radius 3 is 2.67 bits per heavy atom. The Bertz CT molecular complexity index is 810. The minimum absolute atomic E-state index is 0.0415. The lowest BCUT2D eigenvalue weighted by atomic mass is 10.1. The van der Waals surface area contributed by atoms with Crippen molar-refractivity contribution in [2.45, 2.75) is 17.4 Å². The first-order valence-corrected chi connectivity index (χ1v) is 8.98. The number of rotatable bonds is 6. The number of para-hydroxylation sites is 1. The molecule has 6 nitrogen and oxygen atoms in total. The van der Waals surface area contributed by atoms with Gasteiger partial charge in [0.2, 0.25) is 10.0 Å². The van der Waals surface area contributed by atoms with Crippen molar-refractivity contribution < 1.29 is 22.6 Å². The Balaban J connectivity index is 1.73. The summed E-state index contributed by atoms with van der Waals surface area (Å²) in [5, 5.41) is 0. The number of nitrogens with one attached hydrogen (secondary N) is 1. The van der Waals surface area contributed by atoms with Gasteiger partial charge in [-0.25, -0.2) is 13.1 Å². The van der Waals surface area contributed by atoms with Crippen LogP contribution in [0.5, 0.6) is 17.2 Å². The lowest BCUT2D eigenvalue weighted by Crippen LogP contribution is -2.34. The van der Waals surface area contributed by atoms with E-state index in [2.05, 4.69) is 4.72 Å². The Morgan fingerprint density at radius 1 is 1.17 bits per heavy atom. The van der Waals surface area contributed by atoms with E-state index in [1.165, 1.54) is 20.3 Å². The fourth-order valence-corrected chi connectivity index (χ4v) is 3.89. The first-order valence-electron chi connectivity index (χ1n) is 7.50. The van der Waals surface area contributed by atoms with Gasteiger partial charge in [0.1, 0.15) is 28.2 Å². The van der Waals surface area contributed by atoms with Crippen LogP contribution >= 0.6 is 0 Å². The van der Waals surface area contributed by atoms with Crippen molar-refractivity contribution >= 4 is 10.0 Å². The van der Waals surface area contributed by atoms with Gasteiger partial charge in [0.15, 0.2) is 0 Å². The molecule has 0 unspecified atom stereocenters. The van der Waals surface area contributed by atoms with E-state index in [4.69, 9.17) is 14.2 Å². The maximum atomic E-state index is 12.6. The van der Waals surface area contributed by atoms with Gasteiger partial charge in [-0.2, -0.15) is 0 Å². The summed E-state index contributed by atoms with van der Waals surface area (Å²) in [7, 11) is -0.836. The zero-order valence-electron chi connectivity index (χ0n) is 13.5. The molecule has 0 aromatic heterocycles. The van der Waals surface area contributed by atoms with Crippen LogP contribution in [-0.4, -0.2) is 35.3 Å². The van der Waals surface area contributed by atoms with Crippen LogP contribution in [0.2, 0.25) is 0 Å². The van der Waals surface area contributed by atoms with Crippen molar-refractivity contribution in [1.29, 1.82) is 0 Å². The van der Waals surface area contributed by atoms with Crippen molar-refractivity contribution in [3.05, 3.63) is 48.0 Å². The van der Waals surface area contributed by atoms with Crippen molar-refractivity contribution in [3.8, 4) is 17.2 Å². The Labute approximate surface area is 141 Å². The summed E-state index contributed by atoms with van der Waals surface area (Å²) in [5.74, 6) is 1.51. The van der Waals surface area contributed by atoms with E-state index in [1.807, 2.05) is 24.3 Å². The molecule has 1 aliphatic rings. The monoisotopic (exact) mass is 349 g/mol. The number of benzene rings is 2. The van der Waals surface area contributed by atoms with Gasteiger partial charge in [0.25, 0.3) is 0 Å². The van der Waals surface area contributed by atoms with Crippen molar-refractivity contribution in [1.82, 2.24) is 4.72 Å². The van der Waals surface area contributed by atoms with Gasteiger partial charge in [-0.05, 0) is 23.8 Å². The average Bonchev–Trinajstić information content (AvgIpc) is 3.02. The van der Waals surface area contributed by atoms with Crippen LogP contribution in [0.15, 0.2) is 47.4 Å². The molecule has 0 amide bonds. The molecule has 24 heavy (non-hydrogen) atoms. The molecular weight excluding hydrogens is 330 g/mol. The first kappa shape index (κ1) is 16.6. The lowest BCUT2D eigenvalue weighted by molar-refractivity contribution is 0.236. The number of fused-ring (bicyclic) bond motifs is 1. The van der Waals surface area contributed by atoms with Crippen LogP contribution < -0.4 is 18.9 Å². The normalized spacial score (nSPS) is 16.3. The van der Waals surface area contributed by atoms with Gasteiger partial charge in [-0.3, -0.25) is 0 Å². The molecule has 1 atom stereocenters. The van der Waals surface area contributed by atoms with Gasteiger partial charge >= 0.3 is 0 Å². The smallest absolute Gasteiger partial charge is 0.244 e. The molecule has 7 heteroatoms. The molecule has 2 aromatic carbocycles. The van der Waals surface area contributed by atoms with Crippen LogP contribution in [-0.2, 0) is 16.4 Å². The lowest BCUT2D eigenvalue weighted by Gasteiger charge is -2.14. The summed E-state index contributed by atoms with van der Waals surface area (Å²) in [5.41, 5.74) is 1.08. The molecule has 1 heterocycles. The van der Waals surface area contributed by atoms with E-state index in [0.717, 1.165) is 11.3 Å². The summed E-state index contributed by atoms with van der Waals surface area (Å²) in [6.07, 6.45) is 0.447. The minimum atomic E-state index is -3.75. The van der Waals surface area contributed by atoms with E-state index in [-0.39, 0.29) is 23.3 Å². The number of ether oxygens (including phenoxy) is 3. The highest BCUT2D eigenvalue weighted by Gasteiger charge is 2.26. The van der Waals surface area contributed by atoms with Gasteiger partial charge in [0, 0.05) is 19.0 Å². The third-order valence-corrected chi connectivity index (χ3v) is 5.32. The quantitative estimate of drug-likeness (QED) is 0.863. The highest BCUT2D eigenvalue weighted by molar-refractivity contribution is 7.89. The average molecular weight is 349 g/mol. The zero-order chi connectivity index (χ0) is 17.2. The largest absolute Gasteiger partial charge is 0.497 e. The predicted molar refractivity (Wildman–Crippen MR) is 89.3 cm³/mol. The standard InChI is InChI=1S/C17H19NO5S/c1-21-13-7-8-16(22-2)17(10-13)24(19,20)18-11-14-9-12-5-3-4-6-15(12)23-14/h3-8,10,14,18H,9,11H2,1-2H3/t14-/m0/s1. The molecule has 2 aromatic rings. The van der Waals surface area contributed by atoms with Crippen LogP contribution in [0.3, 0.4) is 0 Å². The number of methoxy groups -OCH3 is 2. The third kappa shape index (κ3) is 3.32. The van der Waals surface area contributed by atoms with Crippen molar-refractivity contribution in [2.75, 3.05) is 20.8 Å². The maximum Gasteiger partial charge on any atom is 0.244 e. The van der Waals surface area contributed by atoms with Crippen LogP contribution in [0.1, 0.15) is 5.56 Å². The fourth-order valence-electron chi connectivity index (χ4n) is 2.64. The highest BCUT2D eigenvalue weighted by Crippen LogP contribution is 2.30. The second-order valence-corrected chi connectivity index (χ2v) is 7.16. The Morgan fingerprint density at radius 2 is 1.96 bits per heavy atom. The topological polar surface area (TPSA) is 73.9 Å². The number of sulfonamides is 1.